The summed E-state index contributed by atoms with van der Waals surface area (Å²) >= 11 is 0. The van der Waals surface area contributed by atoms with Gasteiger partial charge >= 0.3 is 0 Å². The molecule has 18 heavy (non-hydrogen) atoms. The molecule has 3 heteroatoms. The van der Waals surface area contributed by atoms with Crippen molar-refractivity contribution in [3.8, 4) is 0 Å². The van der Waals surface area contributed by atoms with Crippen LogP contribution in [0.3, 0.4) is 0 Å². The Bertz CT molecular complexity index is 310. The number of rotatable bonds is 9. The highest BCUT2D eigenvalue weighted by atomic mass is 19.1. The lowest BCUT2D eigenvalue weighted by Gasteiger charge is -2.70. The van der Waals surface area contributed by atoms with Crippen molar-refractivity contribution in [2.75, 3.05) is 0 Å². The van der Waals surface area contributed by atoms with Gasteiger partial charge in [0.2, 0.25) is 5.91 Å². The number of nitrogens with two attached hydrogens (primary N) is 1. The third kappa shape index (κ3) is 2.17. The van der Waals surface area contributed by atoms with Crippen LogP contribution in [0.25, 0.3) is 0 Å². The van der Waals surface area contributed by atoms with Gasteiger partial charge in [0.25, 0.3) is 0 Å². The minimum Gasteiger partial charge on any atom is -0.369 e. The SMILES string of the molecule is CCCCCCCCCC1C2(F)CC1(C(N)=O)C2. The van der Waals surface area contributed by atoms with Gasteiger partial charge in [0.05, 0.1) is 5.41 Å². The second kappa shape index (κ2) is 5.18. The van der Waals surface area contributed by atoms with Crippen molar-refractivity contribution in [2.45, 2.75) is 76.8 Å². The first-order chi connectivity index (χ1) is 8.55. The highest BCUT2D eigenvalue weighted by Crippen LogP contribution is 2.74. The first kappa shape index (κ1) is 13.8. The zero-order chi connectivity index (χ0) is 13.2. The van der Waals surface area contributed by atoms with E-state index in [4.69, 9.17) is 5.73 Å². The van der Waals surface area contributed by atoms with Crippen LogP contribution in [-0.2, 0) is 4.79 Å². The highest BCUT2D eigenvalue weighted by molar-refractivity contribution is 5.86. The van der Waals surface area contributed by atoms with E-state index in [9.17, 15) is 9.18 Å². The molecule has 3 fully saturated rings. The molecule has 3 saturated carbocycles. The summed E-state index contributed by atoms with van der Waals surface area (Å²) in [6.07, 6.45) is 10.3. The Kier molecular flexibility index (Phi) is 3.98. The molecule has 2 nitrogen and oxygen atoms in total. The molecule has 3 aliphatic rings. The maximum absolute atomic E-state index is 14.0. The van der Waals surface area contributed by atoms with Gasteiger partial charge in [0.15, 0.2) is 0 Å². The van der Waals surface area contributed by atoms with Crippen LogP contribution in [-0.4, -0.2) is 11.6 Å². The third-order valence-corrected chi connectivity index (χ3v) is 5.10. The molecule has 1 unspecified atom stereocenters. The fourth-order valence-electron chi connectivity index (χ4n) is 3.91. The van der Waals surface area contributed by atoms with Crippen molar-refractivity contribution in [1.82, 2.24) is 0 Å². The first-order valence-corrected chi connectivity index (χ1v) is 7.54. The van der Waals surface area contributed by atoms with Crippen molar-refractivity contribution in [1.29, 1.82) is 0 Å². The summed E-state index contributed by atoms with van der Waals surface area (Å²) in [5.41, 5.74) is 3.92. The van der Waals surface area contributed by atoms with E-state index in [2.05, 4.69) is 6.92 Å². The molecule has 104 valence electrons. The number of unbranched alkanes of at least 4 members (excludes halogenated alkanes) is 6. The molecule has 0 aromatic rings. The molecule has 0 heterocycles. The number of amides is 1. The van der Waals surface area contributed by atoms with E-state index < -0.39 is 11.1 Å². The summed E-state index contributed by atoms with van der Waals surface area (Å²) in [5.74, 6) is -0.326. The van der Waals surface area contributed by atoms with Gasteiger partial charge < -0.3 is 5.73 Å². The molecular weight excluding hydrogens is 229 g/mol. The van der Waals surface area contributed by atoms with Gasteiger partial charge in [0.1, 0.15) is 5.67 Å². The summed E-state index contributed by atoms with van der Waals surface area (Å²) in [7, 11) is 0. The Morgan fingerprint density at radius 3 is 2.22 bits per heavy atom. The number of carbonyl (C=O) groups is 1. The molecule has 0 aliphatic heterocycles. The Balaban J connectivity index is 1.59. The normalized spacial score (nSPS) is 36.9. The summed E-state index contributed by atoms with van der Waals surface area (Å²) in [5, 5.41) is 0. The van der Waals surface area contributed by atoms with Gasteiger partial charge in [-0.15, -0.1) is 0 Å². The molecule has 0 spiro atoms. The minimum atomic E-state index is -1.03. The van der Waals surface area contributed by atoms with E-state index in [0.29, 0.717) is 12.8 Å². The monoisotopic (exact) mass is 255 g/mol. The molecular formula is C15H26FNO. The number of alkyl halides is 1. The van der Waals surface area contributed by atoms with Crippen LogP contribution in [0, 0.1) is 11.3 Å². The molecule has 0 saturated heterocycles. The molecule has 1 atom stereocenters. The van der Waals surface area contributed by atoms with Gasteiger partial charge in [0, 0.05) is 5.92 Å². The van der Waals surface area contributed by atoms with Crippen LogP contribution in [0.15, 0.2) is 0 Å². The average Bonchev–Trinajstić information content (AvgIpc) is 2.28. The van der Waals surface area contributed by atoms with Crippen molar-refractivity contribution in [2.24, 2.45) is 17.1 Å². The minimum absolute atomic E-state index is 0.0573. The van der Waals surface area contributed by atoms with Crippen LogP contribution in [0.4, 0.5) is 4.39 Å². The summed E-state index contributed by atoms with van der Waals surface area (Å²) in [6, 6.07) is 0. The number of hydrogen-bond donors (Lipinski definition) is 1. The van der Waals surface area contributed by atoms with E-state index in [1.165, 1.54) is 38.5 Å². The largest absolute Gasteiger partial charge is 0.369 e. The summed E-state index contributed by atoms with van der Waals surface area (Å²) in [6.45, 7) is 2.22. The molecule has 0 aromatic heterocycles. The zero-order valence-corrected chi connectivity index (χ0v) is 11.5. The number of halogens is 1. The van der Waals surface area contributed by atoms with Crippen LogP contribution in [0.1, 0.15) is 71.1 Å². The van der Waals surface area contributed by atoms with E-state index in [1.807, 2.05) is 0 Å². The van der Waals surface area contributed by atoms with Gasteiger partial charge in [-0.1, -0.05) is 51.9 Å². The molecule has 2 N–H and O–H groups in total. The fraction of sp³-hybridized carbons (Fsp3) is 0.933. The quantitative estimate of drug-likeness (QED) is 0.627. The third-order valence-electron chi connectivity index (χ3n) is 5.10. The zero-order valence-electron chi connectivity index (χ0n) is 11.5. The van der Waals surface area contributed by atoms with Crippen LogP contribution >= 0.6 is 0 Å². The average molecular weight is 255 g/mol. The van der Waals surface area contributed by atoms with Crippen molar-refractivity contribution < 1.29 is 9.18 Å². The second-order valence-electron chi connectivity index (χ2n) is 6.37. The highest BCUT2D eigenvalue weighted by Gasteiger charge is 2.79. The van der Waals surface area contributed by atoms with E-state index in [1.54, 1.807) is 0 Å². The van der Waals surface area contributed by atoms with E-state index >= 15 is 0 Å². The smallest absolute Gasteiger partial charge is 0.224 e. The van der Waals surface area contributed by atoms with E-state index in [-0.39, 0.29) is 11.8 Å². The molecule has 2 bridgehead atoms. The van der Waals surface area contributed by atoms with Gasteiger partial charge in [-0.25, -0.2) is 4.39 Å². The lowest BCUT2D eigenvalue weighted by molar-refractivity contribution is -0.268. The number of primary amides is 1. The number of hydrogen-bond acceptors (Lipinski definition) is 1. The lowest BCUT2D eigenvalue weighted by atomic mass is 9.34. The maximum atomic E-state index is 14.0. The predicted molar refractivity (Wildman–Crippen MR) is 70.8 cm³/mol. The molecule has 0 aromatic carbocycles. The van der Waals surface area contributed by atoms with Gasteiger partial charge in [-0.05, 0) is 19.3 Å². The number of carbonyl (C=O) groups excluding carboxylic acids is 1. The van der Waals surface area contributed by atoms with E-state index in [0.717, 1.165) is 12.8 Å². The van der Waals surface area contributed by atoms with Crippen LogP contribution in [0.2, 0.25) is 0 Å². The Morgan fingerprint density at radius 2 is 1.72 bits per heavy atom. The van der Waals surface area contributed by atoms with Crippen molar-refractivity contribution >= 4 is 5.91 Å². The molecule has 1 amide bonds. The summed E-state index contributed by atoms with van der Waals surface area (Å²) in [4.78, 5) is 11.4. The topological polar surface area (TPSA) is 43.1 Å². The Hall–Kier alpha value is -0.600. The maximum Gasteiger partial charge on any atom is 0.224 e. The predicted octanol–water partition coefficient (Wildman–Crippen LogP) is 3.73. The van der Waals surface area contributed by atoms with Crippen LogP contribution < -0.4 is 5.73 Å². The standard InChI is InChI=1S/C15H26FNO/c1-2-3-4-5-6-7-8-9-12-14(13(17)18)10-15(12,16)11-14/h12H,2-11H2,1H3,(H2,17,18). The van der Waals surface area contributed by atoms with Crippen molar-refractivity contribution in [3.05, 3.63) is 0 Å². The molecule has 0 radical (unpaired) electrons. The second-order valence-corrected chi connectivity index (χ2v) is 6.37. The van der Waals surface area contributed by atoms with Gasteiger partial charge in [-0.3, -0.25) is 4.79 Å². The molecule has 3 aliphatic carbocycles. The summed E-state index contributed by atoms with van der Waals surface area (Å²) < 4.78 is 14.0. The van der Waals surface area contributed by atoms with Crippen molar-refractivity contribution in [3.63, 3.8) is 0 Å². The Morgan fingerprint density at radius 1 is 1.17 bits per heavy atom. The van der Waals surface area contributed by atoms with Crippen LogP contribution in [0.5, 0.6) is 0 Å². The molecule has 3 rings (SSSR count). The Labute approximate surface area is 110 Å². The first-order valence-electron chi connectivity index (χ1n) is 7.54. The lowest BCUT2D eigenvalue weighted by Crippen LogP contribution is -2.77. The fourth-order valence-corrected chi connectivity index (χ4v) is 3.91. The van der Waals surface area contributed by atoms with Gasteiger partial charge in [-0.2, -0.15) is 0 Å².